The molecule has 0 fully saturated rings. The van der Waals surface area contributed by atoms with Crippen LogP contribution in [0.15, 0.2) is 24.3 Å². The van der Waals surface area contributed by atoms with Crippen molar-refractivity contribution in [3.63, 3.8) is 0 Å². The first-order chi connectivity index (χ1) is 8.61. The number of hydrogen-bond acceptors (Lipinski definition) is 3. The third-order valence-corrected chi connectivity index (χ3v) is 2.74. The lowest BCUT2D eigenvalue weighted by Gasteiger charge is -2.12. The minimum Gasteiger partial charge on any atom is -0.463 e. The smallest absolute Gasteiger partial charge is 0.307 e. The molecule has 0 saturated carbocycles. The Bertz CT molecular complexity index is 359. The van der Waals surface area contributed by atoms with Crippen LogP contribution in [0.2, 0.25) is 0 Å². The minimum absolute atomic E-state index is 0.0295. The molecule has 1 atom stereocenters. The quantitative estimate of drug-likeness (QED) is 0.751. The highest BCUT2D eigenvalue weighted by molar-refractivity contribution is 5.70. The van der Waals surface area contributed by atoms with Gasteiger partial charge in [-0.2, -0.15) is 0 Å². The van der Waals surface area contributed by atoms with E-state index in [4.69, 9.17) is 4.74 Å². The number of ether oxygens (including phenoxy) is 1. The predicted octanol–water partition coefficient (Wildman–Crippen LogP) is 3.53. The molecule has 1 aromatic rings. The minimum atomic E-state index is -0.129. The summed E-state index contributed by atoms with van der Waals surface area (Å²) in [5, 5.41) is 3.21. The van der Waals surface area contributed by atoms with E-state index in [0.29, 0.717) is 13.0 Å². The molecule has 100 valence electrons. The summed E-state index contributed by atoms with van der Waals surface area (Å²) in [5.74, 6) is -0.129. The van der Waals surface area contributed by atoms with E-state index in [1.807, 2.05) is 31.2 Å². The molecule has 18 heavy (non-hydrogen) atoms. The summed E-state index contributed by atoms with van der Waals surface area (Å²) >= 11 is 0. The number of rotatable bonds is 7. The molecule has 0 aromatic heterocycles. The van der Waals surface area contributed by atoms with E-state index in [1.54, 1.807) is 0 Å². The monoisotopic (exact) mass is 249 g/mol. The van der Waals surface area contributed by atoms with Gasteiger partial charge in [-0.1, -0.05) is 31.0 Å². The van der Waals surface area contributed by atoms with Crippen LogP contribution in [-0.4, -0.2) is 18.6 Å². The van der Waals surface area contributed by atoms with E-state index in [-0.39, 0.29) is 12.1 Å². The fraction of sp³-hybridized carbons (Fsp3) is 0.533. The first kappa shape index (κ1) is 14.6. The number of esters is 1. The summed E-state index contributed by atoms with van der Waals surface area (Å²) < 4.78 is 5.27. The standard InChI is InChI=1S/C15H23NO2/c1-4-5-13(3)18-15(17)10-11-16-14-8-6-12(2)7-9-14/h6-9,13,16H,4-5,10-11H2,1-3H3. The molecule has 1 aromatic carbocycles. The maximum atomic E-state index is 11.5. The topological polar surface area (TPSA) is 38.3 Å². The van der Waals surface area contributed by atoms with Gasteiger partial charge in [0.25, 0.3) is 0 Å². The summed E-state index contributed by atoms with van der Waals surface area (Å²) in [6.45, 7) is 6.69. The Morgan fingerprint density at radius 3 is 2.61 bits per heavy atom. The maximum Gasteiger partial charge on any atom is 0.307 e. The third kappa shape index (κ3) is 5.71. The third-order valence-electron chi connectivity index (χ3n) is 2.74. The molecule has 1 rings (SSSR count). The summed E-state index contributed by atoms with van der Waals surface area (Å²) in [5.41, 5.74) is 2.27. The van der Waals surface area contributed by atoms with E-state index in [0.717, 1.165) is 18.5 Å². The number of carbonyl (C=O) groups is 1. The van der Waals surface area contributed by atoms with Gasteiger partial charge in [-0.05, 0) is 32.4 Å². The molecule has 1 unspecified atom stereocenters. The zero-order chi connectivity index (χ0) is 13.4. The Hall–Kier alpha value is -1.51. The van der Waals surface area contributed by atoms with Crippen LogP contribution >= 0.6 is 0 Å². The molecule has 0 amide bonds. The van der Waals surface area contributed by atoms with Crippen LogP contribution in [0.3, 0.4) is 0 Å². The van der Waals surface area contributed by atoms with Gasteiger partial charge in [-0.3, -0.25) is 4.79 Å². The summed E-state index contributed by atoms with van der Waals surface area (Å²) in [6.07, 6.45) is 2.40. The van der Waals surface area contributed by atoms with Crippen molar-refractivity contribution in [1.29, 1.82) is 0 Å². The van der Waals surface area contributed by atoms with Gasteiger partial charge in [-0.25, -0.2) is 0 Å². The second-order valence-corrected chi connectivity index (χ2v) is 4.63. The maximum absolute atomic E-state index is 11.5. The van der Waals surface area contributed by atoms with Crippen molar-refractivity contribution in [2.75, 3.05) is 11.9 Å². The van der Waals surface area contributed by atoms with Gasteiger partial charge in [0.2, 0.25) is 0 Å². The second kappa shape index (κ2) is 7.75. The van der Waals surface area contributed by atoms with Gasteiger partial charge in [0.15, 0.2) is 0 Å². The van der Waals surface area contributed by atoms with Gasteiger partial charge in [0.05, 0.1) is 12.5 Å². The Morgan fingerprint density at radius 1 is 1.33 bits per heavy atom. The second-order valence-electron chi connectivity index (χ2n) is 4.63. The lowest BCUT2D eigenvalue weighted by atomic mass is 10.2. The average Bonchev–Trinajstić information content (AvgIpc) is 2.32. The Balaban J connectivity index is 2.21. The van der Waals surface area contributed by atoms with Crippen LogP contribution in [0, 0.1) is 6.92 Å². The van der Waals surface area contributed by atoms with Crippen LogP contribution in [0.25, 0.3) is 0 Å². The largest absolute Gasteiger partial charge is 0.463 e. The number of carbonyl (C=O) groups excluding carboxylic acids is 1. The van der Waals surface area contributed by atoms with Crippen molar-refractivity contribution < 1.29 is 9.53 Å². The van der Waals surface area contributed by atoms with Gasteiger partial charge in [-0.15, -0.1) is 0 Å². The zero-order valence-electron chi connectivity index (χ0n) is 11.5. The van der Waals surface area contributed by atoms with Crippen molar-refractivity contribution in [3.05, 3.63) is 29.8 Å². The van der Waals surface area contributed by atoms with Crippen molar-refractivity contribution in [3.8, 4) is 0 Å². The first-order valence-electron chi connectivity index (χ1n) is 6.62. The van der Waals surface area contributed by atoms with Crippen LogP contribution in [0.4, 0.5) is 5.69 Å². The average molecular weight is 249 g/mol. The SMILES string of the molecule is CCCC(C)OC(=O)CCNc1ccc(C)cc1. The van der Waals surface area contributed by atoms with E-state index in [9.17, 15) is 4.79 Å². The van der Waals surface area contributed by atoms with Gasteiger partial charge < -0.3 is 10.1 Å². The number of anilines is 1. The Kier molecular flexibility index (Phi) is 6.26. The van der Waals surface area contributed by atoms with Crippen LogP contribution in [0.5, 0.6) is 0 Å². The highest BCUT2D eigenvalue weighted by Gasteiger charge is 2.07. The van der Waals surface area contributed by atoms with Crippen LogP contribution in [-0.2, 0) is 9.53 Å². The molecule has 0 aliphatic carbocycles. The fourth-order valence-electron chi connectivity index (χ4n) is 1.73. The molecular weight excluding hydrogens is 226 g/mol. The highest BCUT2D eigenvalue weighted by Crippen LogP contribution is 2.08. The summed E-state index contributed by atoms with van der Waals surface area (Å²) in [7, 11) is 0. The number of benzene rings is 1. The Morgan fingerprint density at radius 2 is 2.00 bits per heavy atom. The molecule has 1 N–H and O–H groups in total. The lowest BCUT2D eigenvalue weighted by Crippen LogP contribution is -2.17. The summed E-state index contributed by atoms with van der Waals surface area (Å²) in [6, 6.07) is 8.12. The zero-order valence-corrected chi connectivity index (χ0v) is 11.5. The van der Waals surface area contributed by atoms with Crippen molar-refractivity contribution in [2.45, 2.75) is 46.1 Å². The molecular formula is C15H23NO2. The Labute approximate surface area is 110 Å². The van der Waals surface area contributed by atoms with E-state index in [2.05, 4.69) is 19.2 Å². The molecule has 3 heteroatoms. The van der Waals surface area contributed by atoms with E-state index in [1.165, 1.54) is 5.56 Å². The van der Waals surface area contributed by atoms with Gasteiger partial charge in [0, 0.05) is 12.2 Å². The molecule has 0 radical (unpaired) electrons. The lowest BCUT2D eigenvalue weighted by molar-refractivity contribution is -0.148. The highest BCUT2D eigenvalue weighted by atomic mass is 16.5. The molecule has 0 aliphatic rings. The number of hydrogen-bond donors (Lipinski definition) is 1. The van der Waals surface area contributed by atoms with Crippen LogP contribution in [0.1, 0.15) is 38.7 Å². The van der Waals surface area contributed by atoms with Crippen molar-refractivity contribution in [2.24, 2.45) is 0 Å². The molecule has 0 heterocycles. The van der Waals surface area contributed by atoms with Gasteiger partial charge >= 0.3 is 5.97 Å². The van der Waals surface area contributed by atoms with E-state index < -0.39 is 0 Å². The fourth-order valence-corrected chi connectivity index (χ4v) is 1.73. The van der Waals surface area contributed by atoms with Gasteiger partial charge in [0.1, 0.15) is 0 Å². The van der Waals surface area contributed by atoms with Crippen molar-refractivity contribution in [1.82, 2.24) is 0 Å². The predicted molar refractivity (Wildman–Crippen MR) is 74.7 cm³/mol. The normalized spacial score (nSPS) is 11.9. The number of nitrogens with one attached hydrogen (secondary N) is 1. The number of aryl methyl sites for hydroxylation is 1. The van der Waals surface area contributed by atoms with Crippen molar-refractivity contribution >= 4 is 11.7 Å². The molecule has 0 bridgehead atoms. The van der Waals surface area contributed by atoms with E-state index >= 15 is 0 Å². The van der Waals surface area contributed by atoms with Crippen LogP contribution < -0.4 is 5.32 Å². The molecule has 0 saturated heterocycles. The first-order valence-corrected chi connectivity index (χ1v) is 6.62. The molecule has 3 nitrogen and oxygen atoms in total. The molecule has 0 aliphatic heterocycles. The molecule has 0 spiro atoms. The summed E-state index contributed by atoms with van der Waals surface area (Å²) in [4.78, 5) is 11.5.